The van der Waals surface area contributed by atoms with Crippen molar-refractivity contribution < 1.29 is 23.9 Å². The fourth-order valence-corrected chi connectivity index (χ4v) is 1.24. The third-order valence-electron chi connectivity index (χ3n) is 1.49. The van der Waals surface area contributed by atoms with Crippen LogP contribution in [0, 0.1) is 6.92 Å². The van der Waals surface area contributed by atoms with E-state index in [9.17, 15) is 0 Å². The Morgan fingerprint density at radius 3 is 2.64 bits per heavy atom. The summed E-state index contributed by atoms with van der Waals surface area (Å²) in [6.45, 7) is 3.92. The van der Waals surface area contributed by atoms with Crippen molar-refractivity contribution in [2.75, 3.05) is 7.05 Å². The van der Waals surface area contributed by atoms with Gasteiger partial charge in [0, 0.05) is 0 Å². The normalized spacial score (nSPS) is 8.82. The first-order chi connectivity index (χ1) is 5.25. The van der Waals surface area contributed by atoms with E-state index in [0.717, 1.165) is 11.3 Å². The molecule has 0 radical (unpaired) electrons. The minimum atomic E-state index is 1.05. The van der Waals surface area contributed by atoms with E-state index in [-0.39, 0.29) is 0 Å². The van der Waals surface area contributed by atoms with Gasteiger partial charge in [-0.1, -0.05) is 0 Å². The molecule has 1 rings (SSSR count). The first-order valence-electron chi connectivity index (χ1n) is 3.28. The zero-order chi connectivity index (χ0) is 8.27. The van der Waals surface area contributed by atoms with Crippen molar-refractivity contribution in [1.29, 1.82) is 0 Å². The Labute approximate surface area is 77.8 Å². The molecule has 1 nitrogen and oxygen atoms in total. The fourth-order valence-electron chi connectivity index (χ4n) is 0.887. The van der Waals surface area contributed by atoms with Gasteiger partial charge < -0.3 is 0 Å². The predicted molar refractivity (Wildman–Crippen MR) is 41.8 cm³/mol. The minimum absolute atomic E-state index is 1.05. The van der Waals surface area contributed by atoms with Crippen molar-refractivity contribution in [3.63, 3.8) is 0 Å². The van der Waals surface area contributed by atoms with Gasteiger partial charge in [-0.25, -0.2) is 0 Å². The average molecular weight is 315 g/mol. The molecule has 0 aromatic heterocycles. The van der Waals surface area contributed by atoms with Crippen LogP contribution in [-0.4, -0.2) is 15.8 Å². The standard InChI is InChI=1S/C9H9N.W/c1-8-6-4-5-7-9(8)10(2)3;/h4-7H,1H2,2H3;. The van der Waals surface area contributed by atoms with E-state index in [4.69, 9.17) is 0 Å². The first-order valence-corrected chi connectivity index (χ1v) is 4.75. The third kappa shape index (κ3) is 1.89. The maximum atomic E-state index is 3.92. The van der Waals surface area contributed by atoms with Crippen LogP contribution < -0.4 is 0 Å². The molecule has 0 atom stereocenters. The fraction of sp³-hybridized carbons (Fsp3) is 0.111. The Bertz CT molecular complexity index is 311. The molecule has 0 saturated carbocycles. The molecule has 0 aliphatic heterocycles. The van der Waals surface area contributed by atoms with Gasteiger partial charge in [-0.3, -0.25) is 0 Å². The number of nitrogens with zero attached hydrogens (tertiary/aromatic N) is 1. The van der Waals surface area contributed by atoms with Gasteiger partial charge in [0.1, 0.15) is 0 Å². The molecule has 0 bridgehead atoms. The second kappa shape index (κ2) is 3.66. The molecule has 0 spiro atoms. The van der Waals surface area contributed by atoms with Crippen molar-refractivity contribution in [1.82, 2.24) is 0 Å². The summed E-state index contributed by atoms with van der Waals surface area (Å²) < 4.78 is 5.07. The average Bonchev–Trinajstić information content (AvgIpc) is 2.04. The van der Waals surface area contributed by atoms with Crippen molar-refractivity contribution in [3.05, 3.63) is 36.8 Å². The van der Waals surface area contributed by atoms with E-state index in [1.54, 1.807) is 0 Å². The molecule has 0 fully saturated rings. The quantitative estimate of drug-likeness (QED) is 0.421. The summed E-state index contributed by atoms with van der Waals surface area (Å²) in [5, 5.41) is 0. The monoisotopic (exact) mass is 315 g/mol. The van der Waals surface area contributed by atoms with Crippen LogP contribution in [0.5, 0.6) is 0 Å². The van der Waals surface area contributed by atoms with E-state index in [0.29, 0.717) is 0 Å². The topological polar surface area (TPSA) is 3.01 Å². The summed E-state index contributed by atoms with van der Waals surface area (Å²) in [6, 6.07) is 8.03. The molecule has 0 unspecified atom stereocenters. The number of benzene rings is 1. The summed E-state index contributed by atoms with van der Waals surface area (Å²) in [5.41, 5.74) is 2.17. The van der Waals surface area contributed by atoms with Crippen LogP contribution >= 0.6 is 0 Å². The Kier molecular flexibility index (Phi) is 2.82. The van der Waals surface area contributed by atoms with Crippen molar-refractivity contribution in [2.24, 2.45) is 0 Å². The van der Waals surface area contributed by atoms with Crippen molar-refractivity contribution in [2.45, 2.75) is 0 Å². The first kappa shape index (κ1) is 8.45. The van der Waals surface area contributed by atoms with Crippen LogP contribution in [-0.2, 0) is 19.4 Å². The van der Waals surface area contributed by atoms with Gasteiger partial charge in [0.05, 0.1) is 0 Å². The Morgan fingerprint density at radius 2 is 2.09 bits per heavy atom. The molecule has 56 valence electrons. The Hall–Kier alpha value is -0.642. The molecule has 0 heterocycles. The van der Waals surface area contributed by atoms with E-state index in [1.807, 2.05) is 35.9 Å². The van der Waals surface area contributed by atoms with Crippen molar-refractivity contribution >= 4 is 9.88 Å². The van der Waals surface area contributed by atoms with Gasteiger partial charge in [-0.2, -0.15) is 0 Å². The van der Waals surface area contributed by atoms with Gasteiger partial charge in [-0.15, -0.1) is 0 Å². The van der Waals surface area contributed by atoms with Gasteiger partial charge in [0.2, 0.25) is 0 Å². The molecular weight excluding hydrogens is 306 g/mol. The number of hydrogen-bond acceptors (Lipinski definition) is 0. The van der Waals surface area contributed by atoms with Crippen LogP contribution in [0.15, 0.2) is 24.3 Å². The van der Waals surface area contributed by atoms with Gasteiger partial charge in [0.25, 0.3) is 0 Å². The Balaban J connectivity index is 3.24. The second-order valence-electron chi connectivity index (χ2n) is 2.28. The van der Waals surface area contributed by atoms with Crippen LogP contribution in [0.25, 0.3) is 0 Å². The molecule has 0 amide bonds. The van der Waals surface area contributed by atoms with Crippen LogP contribution in [0.1, 0.15) is 5.56 Å². The summed E-state index contributed by atoms with van der Waals surface area (Å²) in [6.07, 6.45) is 0. The van der Waals surface area contributed by atoms with Gasteiger partial charge in [0.15, 0.2) is 0 Å². The molecule has 0 saturated heterocycles. The molecule has 0 N–H and O–H groups in total. The van der Waals surface area contributed by atoms with Crippen LogP contribution in [0.2, 0.25) is 0 Å². The maximum absolute atomic E-state index is 3.92. The van der Waals surface area contributed by atoms with Crippen LogP contribution in [0.4, 0.5) is 5.69 Å². The number of para-hydroxylation sites is 1. The SMILES string of the molecule is [CH2-]c1ccccc1[N+](C)=[C]=[W]. The van der Waals surface area contributed by atoms with Crippen LogP contribution in [0.3, 0.4) is 0 Å². The molecule has 0 aliphatic rings. The van der Waals surface area contributed by atoms with Gasteiger partial charge in [-0.05, 0) is 0 Å². The van der Waals surface area contributed by atoms with Crippen molar-refractivity contribution in [3.8, 4) is 0 Å². The summed E-state index contributed by atoms with van der Waals surface area (Å²) in [4.78, 5) is 0. The second-order valence-corrected chi connectivity index (χ2v) is 2.93. The zero-order valence-electron chi connectivity index (χ0n) is 6.37. The molecule has 11 heavy (non-hydrogen) atoms. The number of rotatable bonds is 1. The third-order valence-corrected chi connectivity index (χ3v) is 2.47. The Morgan fingerprint density at radius 1 is 1.45 bits per heavy atom. The predicted octanol–water partition coefficient (Wildman–Crippen LogP) is 1.59. The molecular formula is C9H9NW. The van der Waals surface area contributed by atoms with E-state index in [1.165, 1.54) is 19.4 Å². The van der Waals surface area contributed by atoms with E-state index >= 15 is 0 Å². The summed E-state index contributed by atoms with van der Waals surface area (Å²) in [5.74, 6) is 0. The van der Waals surface area contributed by atoms with E-state index < -0.39 is 0 Å². The summed E-state index contributed by atoms with van der Waals surface area (Å²) >= 11 is 1.32. The molecule has 2 heteroatoms. The van der Waals surface area contributed by atoms with Gasteiger partial charge >= 0.3 is 77.6 Å². The summed E-state index contributed by atoms with van der Waals surface area (Å²) in [7, 11) is 1.98. The van der Waals surface area contributed by atoms with E-state index in [2.05, 4.69) is 11.1 Å². The zero-order valence-corrected chi connectivity index (χ0v) is 9.31. The molecule has 0 aliphatic carbocycles. The molecule has 1 aromatic rings. The number of hydrogen-bond donors (Lipinski definition) is 0. The molecule has 1 aromatic carbocycles.